The van der Waals surface area contributed by atoms with Crippen LogP contribution in [0, 0.1) is 0 Å². The average molecular weight is 313 g/mol. The first-order valence-corrected chi connectivity index (χ1v) is 7.93. The number of halogens is 1. The third kappa shape index (κ3) is 3.90. The summed E-state index contributed by atoms with van der Waals surface area (Å²) in [5.41, 5.74) is 1.02. The van der Waals surface area contributed by atoms with Gasteiger partial charge >= 0.3 is 0 Å². The Kier molecular flexibility index (Phi) is 5.31. The normalized spacial score (nSPS) is 16.3. The van der Waals surface area contributed by atoms with Crippen LogP contribution >= 0.6 is 23.4 Å². The van der Waals surface area contributed by atoms with E-state index in [9.17, 15) is 9.59 Å². The van der Waals surface area contributed by atoms with Crippen molar-refractivity contribution in [1.29, 1.82) is 0 Å². The molecule has 6 heteroatoms. The number of carbonyl (C=O) groups excluding carboxylic acids is 2. The minimum atomic E-state index is -0.123. The van der Waals surface area contributed by atoms with Gasteiger partial charge in [0.05, 0.1) is 6.04 Å². The smallest absolute Gasteiger partial charge is 0.282 e. The Hall–Kier alpha value is -1.20. The summed E-state index contributed by atoms with van der Waals surface area (Å²) >= 11 is 7.12. The Morgan fingerprint density at radius 2 is 2.15 bits per heavy atom. The zero-order chi connectivity index (χ0) is 14.5. The molecule has 4 nitrogen and oxygen atoms in total. The summed E-state index contributed by atoms with van der Waals surface area (Å²) in [6.45, 7) is 2.79. The molecule has 0 aromatic heterocycles. The largest absolute Gasteiger partial charge is 0.348 e. The van der Waals surface area contributed by atoms with Crippen LogP contribution in [-0.4, -0.2) is 34.9 Å². The average Bonchev–Trinajstić information content (AvgIpc) is 2.83. The zero-order valence-corrected chi connectivity index (χ0v) is 12.8. The van der Waals surface area contributed by atoms with Crippen LogP contribution in [0.25, 0.3) is 0 Å². The second-order valence-corrected chi connectivity index (χ2v) is 6.10. The van der Waals surface area contributed by atoms with Gasteiger partial charge in [0.15, 0.2) is 0 Å². The van der Waals surface area contributed by atoms with Crippen molar-refractivity contribution in [2.24, 2.45) is 0 Å². The van der Waals surface area contributed by atoms with E-state index in [1.165, 1.54) is 11.8 Å². The molecule has 1 fully saturated rings. The molecule has 0 unspecified atom stereocenters. The zero-order valence-electron chi connectivity index (χ0n) is 11.3. The molecule has 2 amide bonds. The lowest BCUT2D eigenvalue weighted by Crippen LogP contribution is -2.38. The van der Waals surface area contributed by atoms with E-state index in [1.807, 2.05) is 31.2 Å². The fraction of sp³-hybridized carbons (Fsp3) is 0.429. The number of benzene rings is 1. The van der Waals surface area contributed by atoms with E-state index in [0.29, 0.717) is 11.6 Å². The second kappa shape index (κ2) is 6.99. The Morgan fingerprint density at radius 1 is 1.45 bits per heavy atom. The maximum atomic E-state index is 12.0. The summed E-state index contributed by atoms with van der Waals surface area (Å²) in [7, 11) is 0. The first-order valence-electron chi connectivity index (χ1n) is 6.56. The van der Waals surface area contributed by atoms with E-state index in [2.05, 4.69) is 5.32 Å². The van der Waals surface area contributed by atoms with Crippen molar-refractivity contribution in [3.05, 3.63) is 34.9 Å². The van der Waals surface area contributed by atoms with E-state index in [0.717, 1.165) is 17.7 Å². The van der Waals surface area contributed by atoms with Crippen LogP contribution in [0.3, 0.4) is 0 Å². The van der Waals surface area contributed by atoms with E-state index in [1.54, 1.807) is 4.90 Å². The summed E-state index contributed by atoms with van der Waals surface area (Å²) in [5.74, 6) is 0.642. The number of hydrogen-bond acceptors (Lipinski definition) is 3. The molecule has 1 N–H and O–H groups in total. The van der Waals surface area contributed by atoms with Crippen molar-refractivity contribution in [3.63, 3.8) is 0 Å². The van der Waals surface area contributed by atoms with E-state index < -0.39 is 0 Å². The van der Waals surface area contributed by atoms with Crippen LogP contribution in [0.1, 0.15) is 24.9 Å². The lowest BCUT2D eigenvalue weighted by atomic mass is 10.0. The summed E-state index contributed by atoms with van der Waals surface area (Å²) in [6.07, 6.45) is 0.788. The molecular weight excluding hydrogens is 296 g/mol. The summed E-state index contributed by atoms with van der Waals surface area (Å²) < 4.78 is 0. The molecule has 1 aromatic rings. The van der Waals surface area contributed by atoms with Gasteiger partial charge in [-0.2, -0.15) is 0 Å². The second-order valence-electron chi connectivity index (χ2n) is 4.62. The number of thioether (sulfide) groups is 1. The highest BCUT2D eigenvalue weighted by Crippen LogP contribution is 2.20. The van der Waals surface area contributed by atoms with E-state index in [4.69, 9.17) is 11.6 Å². The number of carbonyl (C=O) groups is 2. The maximum absolute atomic E-state index is 12.0. The molecule has 0 spiro atoms. The van der Waals surface area contributed by atoms with Gasteiger partial charge < -0.3 is 10.2 Å². The van der Waals surface area contributed by atoms with Crippen molar-refractivity contribution in [2.75, 3.05) is 18.8 Å². The topological polar surface area (TPSA) is 49.4 Å². The third-order valence-electron chi connectivity index (χ3n) is 3.20. The van der Waals surface area contributed by atoms with Crippen LogP contribution in [-0.2, 0) is 4.79 Å². The van der Waals surface area contributed by atoms with Crippen molar-refractivity contribution < 1.29 is 9.59 Å². The molecule has 108 valence electrons. The first-order chi connectivity index (χ1) is 9.60. The number of rotatable bonds is 5. The highest BCUT2D eigenvalue weighted by atomic mass is 35.5. The number of hydrogen-bond donors (Lipinski definition) is 1. The summed E-state index contributed by atoms with van der Waals surface area (Å²) in [5, 5.41) is 3.63. The van der Waals surface area contributed by atoms with Crippen molar-refractivity contribution in [1.82, 2.24) is 10.2 Å². The minimum Gasteiger partial charge on any atom is -0.348 e. The Morgan fingerprint density at radius 3 is 2.70 bits per heavy atom. The van der Waals surface area contributed by atoms with E-state index in [-0.39, 0.29) is 23.7 Å². The quantitative estimate of drug-likeness (QED) is 0.909. The molecular formula is C14H17ClN2O2S. The standard InChI is InChI=1S/C14H17ClN2O2S/c1-2-12(10-3-5-11(15)6-4-10)16-13(18)9-17-7-8-20-14(17)19/h3-6,12H,2,7-9H2,1H3,(H,16,18)/t12-/m1/s1. The van der Waals surface area contributed by atoms with Gasteiger partial charge in [-0.1, -0.05) is 42.4 Å². The van der Waals surface area contributed by atoms with Crippen LogP contribution in [0.2, 0.25) is 5.02 Å². The van der Waals surface area contributed by atoms with Crippen LogP contribution < -0.4 is 5.32 Å². The third-order valence-corrected chi connectivity index (χ3v) is 4.34. The van der Waals surface area contributed by atoms with Gasteiger partial charge in [-0.25, -0.2) is 0 Å². The molecule has 0 aliphatic carbocycles. The predicted octanol–water partition coefficient (Wildman–Crippen LogP) is 3.08. The van der Waals surface area contributed by atoms with Gasteiger partial charge in [-0.3, -0.25) is 9.59 Å². The number of amides is 2. The molecule has 1 heterocycles. The molecule has 1 aliphatic heterocycles. The first kappa shape index (κ1) is 15.2. The lowest BCUT2D eigenvalue weighted by Gasteiger charge is -2.20. The molecule has 1 aromatic carbocycles. The molecule has 0 saturated carbocycles. The van der Waals surface area contributed by atoms with E-state index >= 15 is 0 Å². The van der Waals surface area contributed by atoms with Gasteiger partial charge in [0.2, 0.25) is 5.91 Å². The van der Waals surface area contributed by atoms with Crippen molar-refractivity contribution in [2.45, 2.75) is 19.4 Å². The SMILES string of the molecule is CC[C@@H](NC(=O)CN1CCSC1=O)c1ccc(Cl)cc1. The Bertz CT molecular complexity index is 492. The number of nitrogens with zero attached hydrogens (tertiary/aromatic N) is 1. The molecule has 0 radical (unpaired) electrons. The molecule has 0 bridgehead atoms. The molecule has 20 heavy (non-hydrogen) atoms. The molecule has 1 atom stereocenters. The lowest BCUT2D eigenvalue weighted by molar-refractivity contribution is -0.122. The molecule has 2 rings (SSSR count). The fourth-order valence-electron chi connectivity index (χ4n) is 2.10. The van der Waals surface area contributed by atoms with Gasteiger partial charge in [-0.05, 0) is 24.1 Å². The van der Waals surface area contributed by atoms with Crippen LogP contribution in [0.4, 0.5) is 4.79 Å². The van der Waals surface area contributed by atoms with Crippen molar-refractivity contribution in [3.8, 4) is 0 Å². The number of nitrogens with one attached hydrogen (secondary N) is 1. The molecule has 1 aliphatic rings. The highest BCUT2D eigenvalue weighted by Gasteiger charge is 2.24. The minimum absolute atomic E-state index is 0.0142. The summed E-state index contributed by atoms with van der Waals surface area (Å²) in [6, 6.07) is 7.39. The van der Waals surface area contributed by atoms with Gasteiger partial charge in [0.25, 0.3) is 5.24 Å². The van der Waals surface area contributed by atoms with Gasteiger partial charge in [0, 0.05) is 17.3 Å². The van der Waals surface area contributed by atoms with Gasteiger partial charge in [0.1, 0.15) is 6.54 Å². The van der Waals surface area contributed by atoms with Crippen LogP contribution in [0.15, 0.2) is 24.3 Å². The fourth-order valence-corrected chi connectivity index (χ4v) is 3.05. The Labute approximate surface area is 127 Å². The molecule has 1 saturated heterocycles. The van der Waals surface area contributed by atoms with Crippen LogP contribution in [0.5, 0.6) is 0 Å². The monoisotopic (exact) mass is 312 g/mol. The summed E-state index contributed by atoms with van der Waals surface area (Å²) in [4.78, 5) is 25.1. The Balaban J connectivity index is 1.94. The predicted molar refractivity (Wildman–Crippen MR) is 82.1 cm³/mol. The highest BCUT2D eigenvalue weighted by molar-refractivity contribution is 8.13. The maximum Gasteiger partial charge on any atom is 0.282 e. The van der Waals surface area contributed by atoms with Gasteiger partial charge in [-0.15, -0.1) is 0 Å². The van der Waals surface area contributed by atoms with Crippen molar-refractivity contribution >= 4 is 34.5 Å².